The van der Waals surface area contributed by atoms with Gasteiger partial charge in [-0.1, -0.05) is 39.0 Å². The second-order valence-electron chi connectivity index (χ2n) is 10.9. The van der Waals surface area contributed by atoms with Crippen LogP contribution >= 0.6 is 0 Å². The third-order valence-electron chi connectivity index (χ3n) is 6.15. The number of carbonyl (C=O) groups excluding carboxylic acids is 1. The summed E-state index contributed by atoms with van der Waals surface area (Å²) in [5.74, 6) is 0.304. The third kappa shape index (κ3) is 6.06. The van der Waals surface area contributed by atoms with Gasteiger partial charge in [-0.05, 0) is 62.0 Å². The maximum Gasteiger partial charge on any atom is 0.410 e. The van der Waals surface area contributed by atoms with E-state index in [2.05, 4.69) is 52.1 Å². The molecule has 164 valence electrons. The zero-order chi connectivity index (χ0) is 22.2. The van der Waals surface area contributed by atoms with Crippen LogP contribution in [0, 0.1) is 5.92 Å². The summed E-state index contributed by atoms with van der Waals surface area (Å²) >= 11 is 0. The summed E-state index contributed by atoms with van der Waals surface area (Å²) in [5, 5.41) is 0.196. The van der Waals surface area contributed by atoms with Crippen LogP contribution in [0.4, 0.5) is 4.79 Å². The lowest BCUT2D eigenvalue weighted by atomic mass is 10.0. The summed E-state index contributed by atoms with van der Waals surface area (Å²) in [5.41, 5.74) is 9.65. The first-order chi connectivity index (χ1) is 13.1. The first-order valence-corrected chi connectivity index (χ1v) is 13.5. The Morgan fingerprint density at radius 1 is 1.21 bits per heavy atom. The fraction of sp³-hybridized carbons (Fsp3) is 0.696. The zero-order valence-corrected chi connectivity index (χ0v) is 20.8. The summed E-state index contributed by atoms with van der Waals surface area (Å²) in [6, 6.07) is 6.36. The van der Waals surface area contributed by atoms with E-state index in [1.807, 2.05) is 20.8 Å². The van der Waals surface area contributed by atoms with Crippen LogP contribution in [0.25, 0.3) is 0 Å². The van der Waals surface area contributed by atoms with Crippen molar-refractivity contribution in [1.29, 1.82) is 0 Å². The second kappa shape index (κ2) is 8.40. The average molecular weight is 421 g/mol. The van der Waals surface area contributed by atoms with Gasteiger partial charge in [0.05, 0.1) is 0 Å². The number of amides is 1. The monoisotopic (exact) mass is 420 g/mol. The molecule has 2 N–H and O–H groups in total. The molecule has 0 spiro atoms. The van der Waals surface area contributed by atoms with Crippen molar-refractivity contribution in [2.45, 2.75) is 84.3 Å². The molecule has 2 atom stereocenters. The average Bonchev–Trinajstić information content (AvgIpc) is 2.86. The van der Waals surface area contributed by atoms with Gasteiger partial charge in [-0.15, -0.1) is 0 Å². The molecule has 0 fully saturated rings. The molecule has 2 rings (SSSR count). The Hall–Kier alpha value is -1.37. The lowest BCUT2D eigenvalue weighted by Gasteiger charge is -2.37. The van der Waals surface area contributed by atoms with Crippen molar-refractivity contribution in [1.82, 2.24) is 4.90 Å². The van der Waals surface area contributed by atoms with Crippen molar-refractivity contribution < 1.29 is 14.0 Å². The van der Waals surface area contributed by atoms with E-state index >= 15 is 0 Å². The Labute approximate surface area is 178 Å². The Balaban J connectivity index is 2.03. The molecule has 0 saturated heterocycles. The van der Waals surface area contributed by atoms with E-state index in [1.165, 1.54) is 11.1 Å². The minimum Gasteiger partial charge on any atom is -0.444 e. The molecule has 1 aromatic carbocycles. The van der Waals surface area contributed by atoms with E-state index in [1.54, 1.807) is 11.9 Å². The number of benzene rings is 1. The third-order valence-corrected chi connectivity index (χ3v) is 10.6. The Kier molecular flexibility index (Phi) is 6.92. The number of rotatable bonds is 5. The molecule has 0 aromatic heterocycles. The number of nitrogens with two attached hydrogens (primary N) is 1. The molecule has 5 nitrogen and oxygen atoms in total. The van der Waals surface area contributed by atoms with Gasteiger partial charge in [0.1, 0.15) is 5.60 Å². The summed E-state index contributed by atoms with van der Waals surface area (Å²) in [7, 11) is -0.0231. The number of carbonyl (C=O) groups is 1. The van der Waals surface area contributed by atoms with Crippen molar-refractivity contribution in [2.24, 2.45) is 11.7 Å². The van der Waals surface area contributed by atoms with Gasteiger partial charge in [0.25, 0.3) is 0 Å². The van der Waals surface area contributed by atoms with Crippen LogP contribution in [0.2, 0.25) is 18.1 Å². The SMILES string of the molecule is CN(Cc1ccc2c(c1)[C@H](N)[C@@H](CO[Si](C)(C)C(C)(C)C)C2)C(=O)OC(C)(C)C. The maximum atomic E-state index is 12.2. The van der Waals surface area contributed by atoms with E-state index in [0.717, 1.165) is 12.0 Å². The fourth-order valence-corrected chi connectivity index (χ4v) is 4.34. The van der Waals surface area contributed by atoms with Crippen LogP contribution in [0.15, 0.2) is 18.2 Å². The molecule has 0 unspecified atom stereocenters. The highest BCUT2D eigenvalue weighted by molar-refractivity contribution is 6.74. The van der Waals surface area contributed by atoms with E-state index in [4.69, 9.17) is 14.9 Å². The largest absolute Gasteiger partial charge is 0.444 e. The van der Waals surface area contributed by atoms with E-state index in [-0.39, 0.29) is 17.2 Å². The van der Waals surface area contributed by atoms with E-state index in [9.17, 15) is 4.79 Å². The molecule has 29 heavy (non-hydrogen) atoms. The summed E-state index contributed by atoms with van der Waals surface area (Å²) in [4.78, 5) is 13.8. The van der Waals surface area contributed by atoms with Crippen molar-refractivity contribution >= 4 is 14.4 Å². The first-order valence-electron chi connectivity index (χ1n) is 10.6. The van der Waals surface area contributed by atoms with Crippen LogP contribution < -0.4 is 5.73 Å². The maximum absolute atomic E-state index is 12.2. The summed E-state index contributed by atoms with van der Waals surface area (Å²) < 4.78 is 11.9. The molecule has 0 bridgehead atoms. The first kappa shape index (κ1) is 23.9. The number of hydrogen-bond acceptors (Lipinski definition) is 4. The number of ether oxygens (including phenoxy) is 1. The molecular formula is C23H40N2O3Si. The minimum absolute atomic E-state index is 0.0263. The minimum atomic E-state index is -1.78. The van der Waals surface area contributed by atoms with Crippen LogP contribution in [0.1, 0.15) is 64.3 Å². The van der Waals surface area contributed by atoms with Gasteiger partial charge < -0.3 is 19.8 Å². The van der Waals surface area contributed by atoms with Gasteiger partial charge in [-0.3, -0.25) is 0 Å². The van der Waals surface area contributed by atoms with Crippen molar-refractivity contribution in [3.05, 3.63) is 34.9 Å². The van der Waals surface area contributed by atoms with E-state index < -0.39 is 13.9 Å². The summed E-state index contributed by atoms with van der Waals surface area (Å²) in [6.45, 7) is 18.2. The Morgan fingerprint density at radius 3 is 2.38 bits per heavy atom. The quantitative estimate of drug-likeness (QED) is 0.661. The van der Waals surface area contributed by atoms with Crippen LogP contribution in [-0.4, -0.2) is 38.6 Å². The molecule has 0 aliphatic heterocycles. The van der Waals surface area contributed by atoms with Crippen molar-refractivity contribution in [3.63, 3.8) is 0 Å². The lowest BCUT2D eigenvalue weighted by Crippen LogP contribution is -2.42. The second-order valence-corrected chi connectivity index (χ2v) is 15.7. The smallest absolute Gasteiger partial charge is 0.410 e. The summed E-state index contributed by atoms with van der Waals surface area (Å²) in [6.07, 6.45) is 0.635. The molecular weight excluding hydrogens is 380 g/mol. The Bertz CT molecular complexity index is 735. The predicted octanol–water partition coefficient (Wildman–Crippen LogP) is 5.25. The molecule has 0 radical (unpaired) electrons. The molecule has 0 saturated carbocycles. The van der Waals surface area contributed by atoms with Gasteiger partial charge in [-0.25, -0.2) is 4.79 Å². The standard InChI is InChI=1S/C23H40N2O3Si/c1-22(2,3)28-21(26)25(7)14-16-10-11-17-13-18(20(24)19(17)12-16)15-27-29(8,9)23(4,5)6/h10-12,18,20H,13-15,24H2,1-9H3/t18-,20-/m1/s1. The van der Waals surface area contributed by atoms with Gasteiger partial charge in [-0.2, -0.15) is 0 Å². The predicted molar refractivity (Wildman–Crippen MR) is 121 cm³/mol. The van der Waals surface area contributed by atoms with Crippen molar-refractivity contribution in [3.8, 4) is 0 Å². The van der Waals surface area contributed by atoms with Gasteiger partial charge in [0.15, 0.2) is 8.32 Å². The van der Waals surface area contributed by atoms with E-state index in [0.29, 0.717) is 19.1 Å². The Morgan fingerprint density at radius 2 is 1.83 bits per heavy atom. The van der Waals surface area contributed by atoms with Crippen LogP contribution in [-0.2, 0) is 22.1 Å². The molecule has 1 aliphatic rings. The number of nitrogens with zero attached hydrogens (tertiary/aromatic N) is 1. The molecule has 1 aromatic rings. The topological polar surface area (TPSA) is 64.8 Å². The lowest BCUT2D eigenvalue weighted by molar-refractivity contribution is 0.0285. The molecule has 6 heteroatoms. The molecule has 0 heterocycles. The fourth-order valence-electron chi connectivity index (χ4n) is 3.28. The van der Waals surface area contributed by atoms with Gasteiger partial charge in [0.2, 0.25) is 0 Å². The number of hydrogen-bond donors (Lipinski definition) is 1. The normalized spacial score (nSPS) is 19.8. The number of fused-ring (bicyclic) bond motifs is 1. The van der Waals surface area contributed by atoms with Crippen LogP contribution in [0.3, 0.4) is 0 Å². The molecule has 1 amide bonds. The van der Waals surface area contributed by atoms with Crippen molar-refractivity contribution in [2.75, 3.05) is 13.7 Å². The highest BCUT2D eigenvalue weighted by atomic mass is 28.4. The zero-order valence-electron chi connectivity index (χ0n) is 19.8. The van der Waals surface area contributed by atoms with Gasteiger partial charge in [0, 0.05) is 32.2 Å². The molecule has 1 aliphatic carbocycles. The van der Waals surface area contributed by atoms with Gasteiger partial charge >= 0.3 is 6.09 Å². The van der Waals surface area contributed by atoms with Crippen LogP contribution in [0.5, 0.6) is 0 Å². The highest BCUT2D eigenvalue weighted by Gasteiger charge is 2.39. The highest BCUT2D eigenvalue weighted by Crippen LogP contribution is 2.40.